The molecule has 0 saturated heterocycles. The molecule has 0 aliphatic carbocycles. The summed E-state index contributed by atoms with van der Waals surface area (Å²) in [6.07, 6.45) is 2.94. The van der Waals surface area contributed by atoms with E-state index in [2.05, 4.69) is 9.97 Å². The Morgan fingerprint density at radius 3 is 2.65 bits per heavy atom. The summed E-state index contributed by atoms with van der Waals surface area (Å²) in [6.45, 7) is 4.13. The molecule has 0 unspecified atom stereocenters. The highest BCUT2D eigenvalue weighted by Crippen LogP contribution is 2.30. The summed E-state index contributed by atoms with van der Waals surface area (Å²) in [7, 11) is 1.71. The van der Waals surface area contributed by atoms with Crippen LogP contribution in [0.5, 0.6) is 5.88 Å². The van der Waals surface area contributed by atoms with Crippen LogP contribution in [0.4, 0.5) is 4.39 Å². The lowest BCUT2D eigenvalue weighted by Crippen LogP contribution is -2.50. The first-order chi connectivity index (χ1) is 17.8. The van der Waals surface area contributed by atoms with Gasteiger partial charge in [0.2, 0.25) is 11.8 Å². The van der Waals surface area contributed by atoms with Crippen LogP contribution in [0.2, 0.25) is 0 Å². The van der Waals surface area contributed by atoms with Crippen molar-refractivity contribution in [1.29, 1.82) is 0 Å². The number of carbonyl (C=O) groups excluding carboxylic acids is 2. The molecule has 2 amide bonds. The number of halogens is 1. The zero-order valence-electron chi connectivity index (χ0n) is 21.2. The second-order valence-electron chi connectivity index (χ2n) is 9.48. The molecule has 1 N–H and O–H groups in total. The van der Waals surface area contributed by atoms with Crippen molar-refractivity contribution >= 4 is 11.8 Å². The average Bonchev–Trinajstić information content (AvgIpc) is 2.91. The van der Waals surface area contributed by atoms with E-state index >= 15 is 0 Å². The van der Waals surface area contributed by atoms with Gasteiger partial charge in [0, 0.05) is 43.2 Å². The third-order valence-electron chi connectivity index (χ3n) is 6.64. The van der Waals surface area contributed by atoms with Gasteiger partial charge >= 0.3 is 0 Å². The van der Waals surface area contributed by atoms with E-state index in [9.17, 15) is 19.1 Å². The van der Waals surface area contributed by atoms with Crippen molar-refractivity contribution in [3.05, 3.63) is 78.0 Å². The maximum absolute atomic E-state index is 13.6. The second-order valence-corrected chi connectivity index (χ2v) is 9.48. The van der Waals surface area contributed by atoms with E-state index in [0.29, 0.717) is 23.4 Å². The lowest BCUT2D eigenvalue weighted by molar-refractivity contribution is -0.130. The smallest absolute Gasteiger partial charge is 0.259 e. The van der Waals surface area contributed by atoms with Crippen LogP contribution in [0.25, 0.3) is 11.1 Å². The maximum Gasteiger partial charge on any atom is 0.259 e. The molecule has 8 nitrogen and oxygen atoms in total. The summed E-state index contributed by atoms with van der Waals surface area (Å²) in [5.41, 5.74) is 2.28. The van der Waals surface area contributed by atoms with Crippen molar-refractivity contribution in [3.63, 3.8) is 0 Å². The van der Waals surface area contributed by atoms with Gasteiger partial charge in [0.15, 0.2) is 0 Å². The predicted octanol–water partition coefficient (Wildman–Crippen LogP) is 3.20. The van der Waals surface area contributed by atoms with Crippen LogP contribution in [-0.2, 0) is 11.2 Å². The Kier molecular flexibility index (Phi) is 8.13. The second kappa shape index (κ2) is 11.5. The van der Waals surface area contributed by atoms with Crippen molar-refractivity contribution in [2.75, 3.05) is 26.7 Å². The minimum Gasteiger partial charge on any atom is -0.472 e. The number of aliphatic hydroxyl groups is 1. The van der Waals surface area contributed by atoms with Gasteiger partial charge in [-0.1, -0.05) is 25.1 Å². The quantitative estimate of drug-likeness (QED) is 0.529. The molecule has 0 fully saturated rings. The molecule has 4 rings (SSSR count). The zero-order valence-corrected chi connectivity index (χ0v) is 21.2. The number of aliphatic hydroxyl groups excluding tert-OH is 1. The Morgan fingerprint density at radius 2 is 1.97 bits per heavy atom. The monoisotopic (exact) mass is 506 g/mol. The Morgan fingerprint density at radius 1 is 1.22 bits per heavy atom. The van der Waals surface area contributed by atoms with Gasteiger partial charge in [0.05, 0.1) is 25.6 Å². The normalized spacial score (nSPS) is 18.3. The standard InChI is InChI=1S/C28H31FN4O4/c1-18-15-33(19(2)17-34)28(36)24-12-21(20-7-9-22(29)10-8-20)14-31-27(24)37-25(18)16-32(3)26(35)13-23-6-4-5-11-30-23/h4-12,14,18-19,25,34H,13,15-17H2,1-3H3/t18-,19+,25+/m0/s1. The maximum atomic E-state index is 13.6. The molecule has 1 aliphatic heterocycles. The van der Waals surface area contributed by atoms with Crippen molar-refractivity contribution in [1.82, 2.24) is 19.8 Å². The fourth-order valence-electron chi connectivity index (χ4n) is 4.28. The number of carbonyl (C=O) groups is 2. The van der Waals surface area contributed by atoms with Crippen LogP contribution in [0.15, 0.2) is 60.9 Å². The third-order valence-corrected chi connectivity index (χ3v) is 6.64. The number of hydrogen-bond donors (Lipinski definition) is 1. The molecule has 37 heavy (non-hydrogen) atoms. The minimum atomic E-state index is -0.456. The van der Waals surface area contributed by atoms with Gasteiger partial charge in [-0.3, -0.25) is 14.6 Å². The van der Waals surface area contributed by atoms with Gasteiger partial charge in [-0.05, 0) is 42.8 Å². The van der Waals surface area contributed by atoms with Crippen molar-refractivity contribution < 1.29 is 23.8 Å². The number of nitrogens with zero attached hydrogens (tertiary/aromatic N) is 4. The summed E-state index contributed by atoms with van der Waals surface area (Å²) < 4.78 is 19.7. The molecule has 0 spiro atoms. The van der Waals surface area contributed by atoms with Gasteiger partial charge in [-0.25, -0.2) is 9.37 Å². The van der Waals surface area contributed by atoms with Crippen LogP contribution < -0.4 is 4.74 Å². The van der Waals surface area contributed by atoms with Crippen molar-refractivity contribution in [2.24, 2.45) is 5.92 Å². The summed E-state index contributed by atoms with van der Waals surface area (Å²) in [4.78, 5) is 38.4. The number of rotatable bonds is 7. The SMILES string of the molecule is C[C@H](CO)N1C[C@H](C)[C@@H](CN(C)C(=O)Cc2ccccn2)Oc2ncc(-c3ccc(F)cc3)cc2C1=O. The molecule has 0 bridgehead atoms. The Labute approximate surface area is 215 Å². The largest absolute Gasteiger partial charge is 0.472 e. The molecule has 194 valence electrons. The third kappa shape index (κ3) is 6.11. The zero-order chi connectivity index (χ0) is 26.5. The molecular weight excluding hydrogens is 475 g/mol. The number of aromatic nitrogens is 2. The predicted molar refractivity (Wildman–Crippen MR) is 136 cm³/mol. The number of likely N-dealkylation sites (N-methyl/N-ethyl adjacent to an activating group) is 1. The first-order valence-electron chi connectivity index (χ1n) is 12.2. The van der Waals surface area contributed by atoms with Gasteiger partial charge in [0.1, 0.15) is 17.5 Å². The molecule has 1 aromatic carbocycles. The highest BCUT2D eigenvalue weighted by atomic mass is 19.1. The summed E-state index contributed by atoms with van der Waals surface area (Å²) >= 11 is 0. The fourth-order valence-corrected chi connectivity index (χ4v) is 4.28. The Hall–Kier alpha value is -3.85. The van der Waals surface area contributed by atoms with E-state index < -0.39 is 12.1 Å². The number of ether oxygens (including phenoxy) is 1. The number of fused-ring (bicyclic) bond motifs is 1. The number of amides is 2. The van der Waals surface area contributed by atoms with Gasteiger partial charge in [-0.15, -0.1) is 0 Å². The van der Waals surface area contributed by atoms with E-state index in [1.807, 2.05) is 13.0 Å². The topological polar surface area (TPSA) is 95.9 Å². The summed E-state index contributed by atoms with van der Waals surface area (Å²) in [5.74, 6) is -0.766. The number of benzene rings is 1. The van der Waals surface area contributed by atoms with E-state index in [4.69, 9.17) is 4.74 Å². The molecular formula is C28H31FN4O4. The van der Waals surface area contributed by atoms with E-state index in [1.54, 1.807) is 66.5 Å². The highest BCUT2D eigenvalue weighted by molar-refractivity contribution is 5.98. The number of hydrogen-bond acceptors (Lipinski definition) is 6. The van der Waals surface area contributed by atoms with Crippen LogP contribution >= 0.6 is 0 Å². The van der Waals surface area contributed by atoms with Gasteiger partial charge < -0.3 is 19.6 Å². The molecule has 3 aromatic rings. The lowest BCUT2D eigenvalue weighted by atomic mass is 9.99. The van der Waals surface area contributed by atoms with Crippen LogP contribution in [-0.4, -0.2) is 75.6 Å². The first-order valence-corrected chi connectivity index (χ1v) is 12.2. The molecule has 0 radical (unpaired) electrons. The van der Waals surface area contributed by atoms with Gasteiger partial charge in [0.25, 0.3) is 5.91 Å². The molecule has 3 atom stereocenters. The van der Waals surface area contributed by atoms with Crippen LogP contribution in [0, 0.1) is 11.7 Å². The molecule has 9 heteroatoms. The van der Waals surface area contributed by atoms with Crippen LogP contribution in [0.1, 0.15) is 29.9 Å². The van der Waals surface area contributed by atoms with E-state index in [-0.39, 0.29) is 54.6 Å². The Bertz CT molecular complexity index is 1240. The van der Waals surface area contributed by atoms with E-state index in [0.717, 1.165) is 0 Å². The van der Waals surface area contributed by atoms with E-state index in [1.165, 1.54) is 12.1 Å². The molecule has 2 aromatic heterocycles. The van der Waals surface area contributed by atoms with Crippen molar-refractivity contribution in [2.45, 2.75) is 32.4 Å². The van der Waals surface area contributed by atoms with Gasteiger partial charge in [-0.2, -0.15) is 0 Å². The first kappa shape index (κ1) is 26.2. The number of pyridine rings is 2. The van der Waals surface area contributed by atoms with Crippen molar-refractivity contribution in [3.8, 4) is 17.0 Å². The summed E-state index contributed by atoms with van der Waals surface area (Å²) in [6, 6.07) is 12.6. The molecule has 1 aliphatic rings. The fraction of sp³-hybridized carbons (Fsp3) is 0.357. The highest BCUT2D eigenvalue weighted by Gasteiger charge is 2.34. The molecule has 0 saturated carbocycles. The Balaban J connectivity index is 1.63. The minimum absolute atomic E-state index is 0.104. The van der Waals surface area contributed by atoms with Crippen LogP contribution in [0.3, 0.4) is 0 Å². The molecule has 3 heterocycles. The average molecular weight is 507 g/mol. The summed E-state index contributed by atoms with van der Waals surface area (Å²) in [5, 5.41) is 9.85. The lowest BCUT2D eigenvalue weighted by Gasteiger charge is -2.37.